The molecule has 2 nitrogen and oxygen atoms in total. The highest BCUT2D eigenvalue weighted by Gasteiger charge is 2.11. The van der Waals surface area contributed by atoms with Crippen LogP contribution < -0.4 is 5.32 Å². The summed E-state index contributed by atoms with van der Waals surface area (Å²) in [4.78, 5) is 0. The van der Waals surface area contributed by atoms with Gasteiger partial charge in [0.1, 0.15) is 6.04 Å². The largest absolute Gasteiger partial charge is 0.295 e. The maximum atomic E-state index is 9.07. The zero-order valence-electron chi connectivity index (χ0n) is 9.25. The predicted octanol–water partition coefficient (Wildman–Crippen LogP) is 2.64. The average Bonchev–Trinajstić information content (AvgIpc) is 2.24. The van der Waals surface area contributed by atoms with Crippen LogP contribution >= 0.6 is 0 Å². The molecule has 1 aromatic carbocycles. The van der Waals surface area contributed by atoms with Crippen molar-refractivity contribution in [3.63, 3.8) is 0 Å². The zero-order valence-corrected chi connectivity index (χ0v) is 9.25. The van der Waals surface area contributed by atoms with Crippen LogP contribution in [-0.2, 0) is 0 Å². The third kappa shape index (κ3) is 2.93. The molecule has 1 rings (SSSR count). The molecule has 0 fully saturated rings. The van der Waals surface area contributed by atoms with E-state index in [1.165, 1.54) is 5.56 Å². The minimum Gasteiger partial charge on any atom is -0.295 e. The van der Waals surface area contributed by atoms with Crippen LogP contribution in [0.1, 0.15) is 22.7 Å². The molecule has 0 heterocycles. The summed E-state index contributed by atoms with van der Waals surface area (Å²) in [7, 11) is 0. The minimum absolute atomic E-state index is 0.247. The fourth-order valence-electron chi connectivity index (χ4n) is 1.50. The monoisotopic (exact) mass is 200 g/mol. The van der Waals surface area contributed by atoms with E-state index in [-0.39, 0.29) is 6.04 Å². The Morgan fingerprint density at radius 2 is 2.27 bits per heavy atom. The molecular weight excluding hydrogens is 184 g/mol. The van der Waals surface area contributed by atoms with E-state index in [2.05, 4.69) is 30.1 Å². The standard InChI is InChI=1S/C13H16N2/c1-4-7-15-13(9-14)12-8-10(2)5-6-11(12)3/h4-6,8,13,15H,1,7H2,2-3H3. The number of hydrogen-bond donors (Lipinski definition) is 1. The Morgan fingerprint density at radius 3 is 2.87 bits per heavy atom. The van der Waals surface area contributed by atoms with Crippen LogP contribution in [0, 0.1) is 25.2 Å². The Kier molecular flexibility index (Phi) is 4.08. The topological polar surface area (TPSA) is 35.8 Å². The molecule has 78 valence electrons. The van der Waals surface area contributed by atoms with Crippen LogP contribution in [-0.4, -0.2) is 6.54 Å². The number of hydrogen-bond acceptors (Lipinski definition) is 2. The molecule has 0 aliphatic carbocycles. The highest BCUT2D eigenvalue weighted by molar-refractivity contribution is 5.35. The summed E-state index contributed by atoms with van der Waals surface area (Å²) >= 11 is 0. The molecule has 0 saturated heterocycles. The van der Waals surface area contributed by atoms with E-state index >= 15 is 0 Å². The van der Waals surface area contributed by atoms with Crippen molar-refractivity contribution >= 4 is 0 Å². The number of aryl methyl sites for hydroxylation is 2. The zero-order chi connectivity index (χ0) is 11.3. The van der Waals surface area contributed by atoms with Gasteiger partial charge in [0.15, 0.2) is 0 Å². The van der Waals surface area contributed by atoms with Crippen molar-refractivity contribution in [3.8, 4) is 6.07 Å². The number of nitrogens with zero attached hydrogens (tertiary/aromatic N) is 1. The van der Waals surface area contributed by atoms with E-state index in [0.29, 0.717) is 6.54 Å². The van der Waals surface area contributed by atoms with Gasteiger partial charge in [0.25, 0.3) is 0 Å². The van der Waals surface area contributed by atoms with E-state index < -0.39 is 0 Å². The Bertz CT molecular complexity index is 388. The van der Waals surface area contributed by atoms with Gasteiger partial charge in [0.05, 0.1) is 6.07 Å². The lowest BCUT2D eigenvalue weighted by Crippen LogP contribution is -2.20. The van der Waals surface area contributed by atoms with Crippen molar-refractivity contribution in [2.45, 2.75) is 19.9 Å². The van der Waals surface area contributed by atoms with Gasteiger partial charge >= 0.3 is 0 Å². The Morgan fingerprint density at radius 1 is 1.53 bits per heavy atom. The molecule has 1 N–H and O–H groups in total. The molecule has 0 amide bonds. The number of rotatable bonds is 4. The van der Waals surface area contributed by atoms with Crippen LogP contribution in [0.5, 0.6) is 0 Å². The third-order valence-corrected chi connectivity index (χ3v) is 2.34. The summed E-state index contributed by atoms with van der Waals surface area (Å²) in [6.45, 7) is 8.33. The van der Waals surface area contributed by atoms with E-state index in [9.17, 15) is 0 Å². The lowest BCUT2D eigenvalue weighted by Gasteiger charge is -2.13. The van der Waals surface area contributed by atoms with Crippen molar-refractivity contribution in [1.29, 1.82) is 5.26 Å². The van der Waals surface area contributed by atoms with Crippen LogP contribution in [0.15, 0.2) is 30.9 Å². The highest BCUT2D eigenvalue weighted by Crippen LogP contribution is 2.18. The van der Waals surface area contributed by atoms with Gasteiger partial charge < -0.3 is 0 Å². The lowest BCUT2D eigenvalue weighted by molar-refractivity contribution is 0.679. The summed E-state index contributed by atoms with van der Waals surface area (Å²) < 4.78 is 0. The first kappa shape index (κ1) is 11.5. The van der Waals surface area contributed by atoms with E-state index in [0.717, 1.165) is 11.1 Å². The van der Waals surface area contributed by atoms with E-state index in [1.54, 1.807) is 6.08 Å². The van der Waals surface area contributed by atoms with E-state index in [1.807, 2.05) is 19.9 Å². The van der Waals surface area contributed by atoms with Gasteiger partial charge in [-0.15, -0.1) is 6.58 Å². The van der Waals surface area contributed by atoms with Gasteiger partial charge in [-0.05, 0) is 25.0 Å². The van der Waals surface area contributed by atoms with Gasteiger partial charge in [-0.3, -0.25) is 5.32 Å². The van der Waals surface area contributed by atoms with Gasteiger partial charge in [-0.2, -0.15) is 5.26 Å². The summed E-state index contributed by atoms with van der Waals surface area (Å²) in [5.74, 6) is 0. The van der Waals surface area contributed by atoms with E-state index in [4.69, 9.17) is 5.26 Å². The maximum Gasteiger partial charge on any atom is 0.121 e. The van der Waals surface area contributed by atoms with Crippen molar-refractivity contribution in [3.05, 3.63) is 47.5 Å². The molecule has 15 heavy (non-hydrogen) atoms. The molecule has 0 spiro atoms. The molecule has 1 aromatic rings. The summed E-state index contributed by atoms with van der Waals surface area (Å²) in [6.07, 6.45) is 1.76. The van der Waals surface area contributed by atoms with Crippen LogP contribution in [0.3, 0.4) is 0 Å². The van der Waals surface area contributed by atoms with Crippen molar-refractivity contribution in [1.82, 2.24) is 5.32 Å². The van der Waals surface area contributed by atoms with Crippen LogP contribution in [0.25, 0.3) is 0 Å². The van der Waals surface area contributed by atoms with Gasteiger partial charge in [-0.1, -0.05) is 29.8 Å². The van der Waals surface area contributed by atoms with Crippen molar-refractivity contribution in [2.24, 2.45) is 0 Å². The second-order valence-corrected chi connectivity index (χ2v) is 3.62. The van der Waals surface area contributed by atoms with Gasteiger partial charge in [0.2, 0.25) is 0 Å². The maximum absolute atomic E-state index is 9.07. The molecule has 0 saturated carbocycles. The molecule has 2 heteroatoms. The SMILES string of the molecule is C=CCNC(C#N)c1cc(C)ccc1C. The molecule has 0 bridgehead atoms. The fraction of sp³-hybridized carbons (Fsp3) is 0.308. The van der Waals surface area contributed by atoms with Gasteiger partial charge in [0, 0.05) is 6.54 Å². The molecule has 0 aromatic heterocycles. The first-order valence-corrected chi connectivity index (χ1v) is 5.00. The molecule has 0 radical (unpaired) electrons. The first-order valence-electron chi connectivity index (χ1n) is 5.00. The molecule has 1 unspecified atom stereocenters. The Balaban J connectivity index is 2.96. The van der Waals surface area contributed by atoms with Crippen LogP contribution in [0.2, 0.25) is 0 Å². The number of nitriles is 1. The third-order valence-electron chi connectivity index (χ3n) is 2.34. The minimum atomic E-state index is -0.247. The average molecular weight is 200 g/mol. The fourth-order valence-corrected chi connectivity index (χ4v) is 1.50. The van der Waals surface area contributed by atoms with Crippen LogP contribution in [0.4, 0.5) is 0 Å². The summed E-state index contributed by atoms with van der Waals surface area (Å²) in [6, 6.07) is 8.17. The lowest BCUT2D eigenvalue weighted by atomic mass is 10.00. The Hall–Kier alpha value is -1.59. The number of benzene rings is 1. The predicted molar refractivity (Wildman–Crippen MR) is 62.5 cm³/mol. The second kappa shape index (κ2) is 5.33. The summed E-state index contributed by atoms with van der Waals surface area (Å²) in [5.41, 5.74) is 3.37. The second-order valence-electron chi connectivity index (χ2n) is 3.62. The normalized spacial score (nSPS) is 11.8. The highest BCUT2D eigenvalue weighted by atomic mass is 14.9. The number of nitrogens with one attached hydrogen (secondary N) is 1. The molecular formula is C13H16N2. The first-order chi connectivity index (χ1) is 7.19. The molecule has 0 aliphatic rings. The van der Waals surface area contributed by atoms with Crippen molar-refractivity contribution in [2.75, 3.05) is 6.54 Å². The van der Waals surface area contributed by atoms with Crippen molar-refractivity contribution < 1.29 is 0 Å². The quantitative estimate of drug-likeness (QED) is 0.758. The molecule has 0 aliphatic heterocycles. The Labute approximate surface area is 91.2 Å². The molecule has 1 atom stereocenters. The van der Waals surface area contributed by atoms with Gasteiger partial charge in [-0.25, -0.2) is 0 Å². The smallest absolute Gasteiger partial charge is 0.121 e. The summed E-state index contributed by atoms with van der Waals surface area (Å²) in [5, 5.41) is 12.2.